The van der Waals surface area contributed by atoms with Crippen molar-refractivity contribution in [2.75, 3.05) is 6.54 Å². The molecule has 3 aliphatic rings. The molecule has 150 valence electrons. The van der Waals surface area contributed by atoms with Crippen LogP contribution in [0.2, 0.25) is 0 Å². The normalized spacial score (nSPS) is 23.3. The van der Waals surface area contributed by atoms with Crippen molar-refractivity contribution in [3.05, 3.63) is 47.5 Å². The van der Waals surface area contributed by atoms with Crippen LogP contribution in [0.15, 0.2) is 36.4 Å². The lowest BCUT2D eigenvalue weighted by molar-refractivity contribution is -0.127. The zero-order valence-corrected chi connectivity index (χ0v) is 16.5. The summed E-state index contributed by atoms with van der Waals surface area (Å²) < 4.78 is 0. The second-order valence-electron chi connectivity index (χ2n) is 8.47. The molecule has 0 spiro atoms. The van der Waals surface area contributed by atoms with Crippen molar-refractivity contribution in [1.29, 1.82) is 0 Å². The molecule has 28 heavy (non-hydrogen) atoms. The number of nitrogens with zero attached hydrogens (tertiary/aromatic N) is 1. The summed E-state index contributed by atoms with van der Waals surface area (Å²) in [5, 5.41) is 6.33. The molecule has 4 rings (SSSR count). The highest BCUT2D eigenvalue weighted by Crippen LogP contribution is 2.28. The molecule has 0 bridgehead atoms. The van der Waals surface area contributed by atoms with E-state index in [0.717, 1.165) is 19.4 Å². The average Bonchev–Trinajstić information content (AvgIpc) is 3.09. The van der Waals surface area contributed by atoms with Gasteiger partial charge in [0.15, 0.2) is 0 Å². The number of hydrogen-bond acceptors (Lipinski definition) is 3. The number of benzene rings is 1. The van der Waals surface area contributed by atoms with Crippen LogP contribution in [0, 0.1) is 5.92 Å². The maximum atomic E-state index is 12.7. The Balaban J connectivity index is 1.37. The number of hydrogen-bond donors (Lipinski definition) is 2. The van der Waals surface area contributed by atoms with E-state index in [1.54, 1.807) is 6.08 Å². The Morgan fingerprint density at radius 1 is 1.11 bits per heavy atom. The number of carbonyl (C=O) groups excluding carboxylic acids is 2. The van der Waals surface area contributed by atoms with E-state index in [9.17, 15) is 9.59 Å². The van der Waals surface area contributed by atoms with E-state index in [2.05, 4.69) is 22.8 Å². The van der Waals surface area contributed by atoms with Crippen LogP contribution in [-0.4, -0.2) is 35.3 Å². The minimum Gasteiger partial charge on any atom is -0.349 e. The molecule has 1 saturated heterocycles. The van der Waals surface area contributed by atoms with Crippen LogP contribution >= 0.6 is 0 Å². The van der Waals surface area contributed by atoms with Crippen molar-refractivity contribution < 1.29 is 9.59 Å². The zero-order valence-electron chi connectivity index (χ0n) is 16.5. The number of nitrogens with one attached hydrogen (secondary N) is 2. The van der Waals surface area contributed by atoms with Gasteiger partial charge in [0.2, 0.25) is 11.8 Å². The minimum atomic E-state index is -0.0639. The maximum Gasteiger partial charge on any atom is 0.246 e. The molecule has 5 heteroatoms. The van der Waals surface area contributed by atoms with Crippen LogP contribution in [0.25, 0.3) is 0 Å². The quantitative estimate of drug-likeness (QED) is 0.745. The predicted molar refractivity (Wildman–Crippen MR) is 109 cm³/mol. The van der Waals surface area contributed by atoms with E-state index in [4.69, 9.17) is 0 Å². The molecule has 2 aliphatic heterocycles. The molecular formula is C23H31N3O2. The molecule has 1 aliphatic carbocycles. The third-order valence-electron chi connectivity index (χ3n) is 6.40. The van der Waals surface area contributed by atoms with Gasteiger partial charge in [-0.05, 0) is 36.4 Å². The Kier molecular flexibility index (Phi) is 6.10. The van der Waals surface area contributed by atoms with Crippen LogP contribution in [0.1, 0.15) is 56.1 Å². The van der Waals surface area contributed by atoms with Crippen molar-refractivity contribution in [3.8, 4) is 0 Å². The summed E-state index contributed by atoms with van der Waals surface area (Å²) in [5.74, 6) is 0.739. The Bertz CT molecular complexity index is 710. The molecule has 2 atom stereocenters. The Labute approximate surface area is 167 Å². The summed E-state index contributed by atoms with van der Waals surface area (Å²) in [4.78, 5) is 27.0. The van der Waals surface area contributed by atoms with Gasteiger partial charge in [-0.3, -0.25) is 9.59 Å². The topological polar surface area (TPSA) is 61.4 Å². The van der Waals surface area contributed by atoms with Gasteiger partial charge in [0.1, 0.15) is 0 Å². The molecule has 2 N–H and O–H groups in total. The van der Waals surface area contributed by atoms with Gasteiger partial charge in [0, 0.05) is 25.2 Å². The standard InChI is InChI=1S/C23H31N3O2/c27-22(26-15-18-8-4-5-9-19(18)16-26)11-10-20(14-17-6-2-1-3-7-17)25-23(28)21-12-13-24-21/h4-5,8-11,17,20-21,24H,1-3,6-7,12-16H2,(H,25,28)/b11-10+/t20?,21-/m0/s1. The van der Waals surface area contributed by atoms with Crippen LogP contribution in [0.4, 0.5) is 0 Å². The molecule has 5 nitrogen and oxygen atoms in total. The largest absolute Gasteiger partial charge is 0.349 e. The van der Waals surface area contributed by atoms with Gasteiger partial charge < -0.3 is 15.5 Å². The van der Waals surface area contributed by atoms with Crippen LogP contribution in [0.5, 0.6) is 0 Å². The average molecular weight is 382 g/mol. The third-order valence-corrected chi connectivity index (χ3v) is 6.40. The lowest BCUT2D eigenvalue weighted by Crippen LogP contribution is -2.55. The Hall–Kier alpha value is -2.14. The van der Waals surface area contributed by atoms with Gasteiger partial charge in [-0.15, -0.1) is 0 Å². The van der Waals surface area contributed by atoms with Crippen molar-refractivity contribution in [3.63, 3.8) is 0 Å². The molecule has 1 saturated carbocycles. The molecule has 1 unspecified atom stereocenters. The summed E-state index contributed by atoms with van der Waals surface area (Å²) in [6.07, 6.45) is 11.8. The summed E-state index contributed by atoms with van der Waals surface area (Å²) in [6.45, 7) is 2.26. The van der Waals surface area contributed by atoms with E-state index in [-0.39, 0.29) is 23.9 Å². The maximum absolute atomic E-state index is 12.7. The molecular weight excluding hydrogens is 350 g/mol. The fraction of sp³-hybridized carbons (Fsp3) is 0.565. The van der Waals surface area contributed by atoms with Gasteiger partial charge >= 0.3 is 0 Å². The van der Waals surface area contributed by atoms with Gasteiger partial charge in [-0.25, -0.2) is 0 Å². The number of amides is 2. The lowest BCUT2D eigenvalue weighted by atomic mass is 9.84. The SMILES string of the molecule is O=C(NC(/C=C/C(=O)N1Cc2ccccc2C1)CC1CCCCC1)[C@@H]1CCN1. The van der Waals surface area contributed by atoms with E-state index < -0.39 is 0 Å². The first-order valence-corrected chi connectivity index (χ1v) is 10.8. The molecule has 1 aromatic rings. The highest BCUT2D eigenvalue weighted by atomic mass is 16.2. The Morgan fingerprint density at radius 3 is 2.39 bits per heavy atom. The molecule has 2 fully saturated rings. The van der Waals surface area contributed by atoms with Gasteiger partial charge in [0.25, 0.3) is 0 Å². The highest BCUT2D eigenvalue weighted by Gasteiger charge is 2.27. The fourth-order valence-corrected chi connectivity index (χ4v) is 4.56. The Morgan fingerprint density at radius 2 is 1.79 bits per heavy atom. The summed E-state index contributed by atoms with van der Waals surface area (Å²) in [7, 11) is 0. The molecule has 0 aromatic heterocycles. The van der Waals surface area contributed by atoms with Crippen molar-refractivity contribution in [2.24, 2.45) is 5.92 Å². The van der Waals surface area contributed by atoms with Gasteiger partial charge in [0.05, 0.1) is 6.04 Å². The van der Waals surface area contributed by atoms with E-state index >= 15 is 0 Å². The van der Waals surface area contributed by atoms with E-state index in [0.29, 0.717) is 19.0 Å². The number of carbonyl (C=O) groups is 2. The van der Waals surface area contributed by atoms with Crippen molar-refractivity contribution in [2.45, 2.75) is 70.1 Å². The molecule has 0 radical (unpaired) electrons. The zero-order chi connectivity index (χ0) is 19.3. The van der Waals surface area contributed by atoms with Gasteiger partial charge in [-0.1, -0.05) is 62.4 Å². The minimum absolute atomic E-state index is 0.0286. The summed E-state index contributed by atoms with van der Waals surface area (Å²) in [5.41, 5.74) is 2.46. The molecule has 2 amide bonds. The summed E-state index contributed by atoms with van der Waals surface area (Å²) >= 11 is 0. The number of fused-ring (bicyclic) bond motifs is 1. The lowest BCUT2D eigenvalue weighted by Gasteiger charge is -2.30. The summed E-state index contributed by atoms with van der Waals surface area (Å²) in [6, 6.07) is 8.09. The smallest absolute Gasteiger partial charge is 0.246 e. The van der Waals surface area contributed by atoms with Crippen LogP contribution < -0.4 is 10.6 Å². The number of rotatable bonds is 6. The van der Waals surface area contributed by atoms with E-state index in [1.165, 1.54) is 43.2 Å². The second kappa shape index (κ2) is 8.91. The van der Waals surface area contributed by atoms with Gasteiger partial charge in [-0.2, -0.15) is 0 Å². The van der Waals surface area contributed by atoms with E-state index in [1.807, 2.05) is 23.1 Å². The third kappa shape index (κ3) is 4.64. The highest BCUT2D eigenvalue weighted by molar-refractivity contribution is 5.88. The second-order valence-corrected chi connectivity index (χ2v) is 8.47. The molecule has 1 aromatic carbocycles. The van der Waals surface area contributed by atoms with Crippen LogP contribution in [-0.2, 0) is 22.7 Å². The van der Waals surface area contributed by atoms with Crippen LogP contribution in [0.3, 0.4) is 0 Å². The first kappa shape index (κ1) is 19.2. The first-order valence-electron chi connectivity index (χ1n) is 10.8. The molecule has 2 heterocycles. The fourth-order valence-electron chi connectivity index (χ4n) is 4.56. The monoisotopic (exact) mass is 381 g/mol. The van der Waals surface area contributed by atoms with Crippen molar-refractivity contribution in [1.82, 2.24) is 15.5 Å². The predicted octanol–water partition coefficient (Wildman–Crippen LogP) is 2.90. The first-order chi connectivity index (χ1) is 13.7. The van der Waals surface area contributed by atoms with Crippen molar-refractivity contribution >= 4 is 11.8 Å².